The summed E-state index contributed by atoms with van der Waals surface area (Å²) in [4.78, 5) is 12.6. The number of aliphatic hydroxyl groups is 1. The van der Waals surface area contributed by atoms with Gasteiger partial charge in [-0.25, -0.2) is 0 Å². The van der Waals surface area contributed by atoms with E-state index < -0.39 is 0 Å². The number of nitrogens with zero attached hydrogens (tertiary/aromatic N) is 1. The van der Waals surface area contributed by atoms with Gasteiger partial charge in [0, 0.05) is 21.7 Å². The van der Waals surface area contributed by atoms with Gasteiger partial charge in [0.05, 0.1) is 12.1 Å². The lowest BCUT2D eigenvalue weighted by Gasteiger charge is -2.09. The molecular formula is C18H16ClNO3. The van der Waals surface area contributed by atoms with E-state index in [2.05, 4.69) is 0 Å². The Labute approximate surface area is 138 Å². The minimum absolute atomic E-state index is 0.0913. The van der Waals surface area contributed by atoms with Gasteiger partial charge in [-0.2, -0.15) is 0 Å². The number of hydrogen-bond acceptors (Lipinski definition) is 3. The highest BCUT2D eigenvalue weighted by molar-refractivity contribution is 6.30. The number of halogens is 1. The first-order valence-corrected chi connectivity index (χ1v) is 7.61. The van der Waals surface area contributed by atoms with Crippen LogP contribution in [0, 0.1) is 6.92 Å². The van der Waals surface area contributed by atoms with Crippen LogP contribution < -0.4 is 4.74 Å². The Morgan fingerprint density at radius 2 is 1.87 bits per heavy atom. The summed E-state index contributed by atoms with van der Waals surface area (Å²) in [7, 11) is 0. The topological polar surface area (TPSA) is 51.5 Å². The molecule has 2 aromatic carbocycles. The number of benzene rings is 2. The van der Waals surface area contributed by atoms with E-state index in [4.69, 9.17) is 16.3 Å². The Kier molecular flexibility index (Phi) is 4.37. The molecule has 0 unspecified atom stereocenters. The van der Waals surface area contributed by atoms with Gasteiger partial charge in [0.2, 0.25) is 0 Å². The molecule has 4 nitrogen and oxygen atoms in total. The number of ether oxygens (including phenoxy) is 1. The largest absolute Gasteiger partial charge is 0.484 e. The van der Waals surface area contributed by atoms with E-state index in [0.717, 1.165) is 22.2 Å². The predicted molar refractivity (Wildman–Crippen MR) is 90.2 cm³/mol. The Hall–Kier alpha value is -2.30. The smallest absolute Gasteiger partial charge is 0.269 e. The van der Waals surface area contributed by atoms with Crippen LogP contribution in [0.1, 0.15) is 16.1 Å². The molecule has 23 heavy (non-hydrogen) atoms. The minimum Gasteiger partial charge on any atom is -0.484 e. The quantitative estimate of drug-likeness (QED) is 0.791. The number of hydrogen-bond donors (Lipinski definition) is 1. The summed E-state index contributed by atoms with van der Waals surface area (Å²) < 4.78 is 7.13. The highest BCUT2D eigenvalue weighted by Gasteiger charge is 2.18. The molecule has 3 rings (SSSR count). The van der Waals surface area contributed by atoms with Crippen molar-refractivity contribution in [3.05, 3.63) is 64.8 Å². The highest BCUT2D eigenvalue weighted by atomic mass is 35.5. The number of para-hydroxylation sites is 1. The van der Waals surface area contributed by atoms with Crippen LogP contribution in [0.2, 0.25) is 5.02 Å². The number of rotatable bonds is 4. The lowest BCUT2D eigenvalue weighted by molar-refractivity contribution is 0.0840. The van der Waals surface area contributed by atoms with Crippen LogP contribution in [0.4, 0.5) is 0 Å². The molecule has 0 bridgehead atoms. The third-order valence-electron chi connectivity index (χ3n) is 3.83. The van der Waals surface area contributed by atoms with Gasteiger partial charge in [-0.15, -0.1) is 0 Å². The van der Waals surface area contributed by atoms with Crippen LogP contribution in [0.15, 0.2) is 48.5 Å². The molecule has 1 heterocycles. The van der Waals surface area contributed by atoms with E-state index in [-0.39, 0.29) is 19.1 Å². The van der Waals surface area contributed by atoms with Crippen LogP contribution in [0.3, 0.4) is 0 Å². The zero-order valence-corrected chi connectivity index (χ0v) is 13.4. The summed E-state index contributed by atoms with van der Waals surface area (Å²) >= 11 is 5.82. The predicted octanol–water partition coefficient (Wildman–Crippen LogP) is 3.81. The molecule has 0 radical (unpaired) electrons. The van der Waals surface area contributed by atoms with Gasteiger partial charge in [-0.05, 0) is 37.3 Å². The Bertz CT molecular complexity index is 853. The van der Waals surface area contributed by atoms with E-state index in [9.17, 15) is 9.90 Å². The van der Waals surface area contributed by atoms with Crippen molar-refractivity contribution in [1.82, 2.24) is 4.57 Å². The summed E-state index contributed by atoms with van der Waals surface area (Å²) in [6, 6.07) is 14.4. The lowest BCUT2D eigenvalue weighted by atomic mass is 10.1. The Morgan fingerprint density at radius 3 is 2.57 bits per heavy atom. The first kappa shape index (κ1) is 15.6. The first-order valence-electron chi connectivity index (χ1n) is 7.23. The van der Waals surface area contributed by atoms with Crippen LogP contribution in [-0.4, -0.2) is 22.2 Å². The van der Waals surface area contributed by atoms with Crippen molar-refractivity contribution in [2.75, 3.05) is 6.61 Å². The molecule has 5 heteroatoms. The zero-order chi connectivity index (χ0) is 16.4. The van der Waals surface area contributed by atoms with Gasteiger partial charge in [-0.1, -0.05) is 29.8 Å². The van der Waals surface area contributed by atoms with E-state index >= 15 is 0 Å². The van der Waals surface area contributed by atoms with Gasteiger partial charge in [0.25, 0.3) is 5.91 Å². The molecule has 0 fully saturated rings. The SMILES string of the molecule is Cc1c(CO)c2ccccc2n1C(=O)COc1ccc(Cl)cc1. The highest BCUT2D eigenvalue weighted by Crippen LogP contribution is 2.26. The molecule has 3 aromatic rings. The molecule has 0 saturated carbocycles. The minimum atomic E-state index is -0.187. The number of aliphatic hydroxyl groups excluding tert-OH is 1. The maximum absolute atomic E-state index is 12.6. The molecule has 0 aliphatic rings. The first-order chi connectivity index (χ1) is 11.1. The van der Waals surface area contributed by atoms with E-state index in [1.165, 1.54) is 0 Å². The fourth-order valence-corrected chi connectivity index (χ4v) is 2.82. The van der Waals surface area contributed by atoms with E-state index in [1.54, 1.807) is 28.8 Å². The summed E-state index contributed by atoms with van der Waals surface area (Å²) in [5.74, 6) is 0.396. The van der Waals surface area contributed by atoms with Crippen molar-refractivity contribution >= 4 is 28.4 Å². The number of aromatic nitrogens is 1. The van der Waals surface area contributed by atoms with Crippen molar-refractivity contribution in [3.8, 4) is 5.75 Å². The fourth-order valence-electron chi connectivity index (χ4n) is 2.70. The van der Waals surface area contributed by atoms with Gasteiger partial charge < -0.3 is 9.84 Å². The second-order valence-electron chi connectivity index (χ2n) is 5.21. The van der Waals surface area contributed by atoms with Crippen LogP contribution in [-0.2, 0) is 6.61 Å². The number of fused-ring (bicyclic) bond motifs is 1. The molecule has 0 aliphatic carbocycles. The molecule has 0 amide bonds. The van der Waals surface area contributed by atoms with Gasteiger partial charge in [0.1, 0.15) is 5.75 Å². The molecule has 0 atom stereocenters. The molecule has 0 spiro atoms. The summed E-state index contributed by atoms with van der Waals surface area (Å²) in [5.41, 5.74) is 2.28. The molecule has 1 N–H and O–H groups in total. The standard InChI is InChI=1S/C18H16ClNO3/c1-12-16(10-21)15-4-2-3-5-17(15)20(12)18(22)11-23-14-8-6-13(19)7-9-14/h2-9,21H,10-11H2,1H3. The average molecular weight is 330 g/mol. The van der Waals surface area contributed by atoms with Crippen molar-refractivity contribution in [2.45, 2.75) is 13.5 Å². The normalized spacial score (nSPS) is 10.9. The third-order valence-corrected chi connectivity index (χ3v) is 4.08. The molecular weight excluding hydrogens is 314 g/mol. The second-order valence-corrected chi connectivity index (χ2v) is 5.65. The molecule has 0 saturated heterocycles. The monoisotopic (exact) mass is 329 g/mol. The Balaban J connectivity index is 1.89. The van der Waals surface area contributed by atoms with E-state index in [0.29, 0.717) is 10.8 Å². The molecule has 1 aromatic heterocycles. The summed E-state index contributed by atoms with van der Waals surface area (Å²) in [6.07, 6.45) is 0. The fraction of sp³-hybridized carbons (Fsp3) is 0.167. The molecule has 118 valence electrons. The van der Waals surface area contributed by atoms with Gasteiger partial charge in [-0.3, -0.25) is 9.36 Å². The Morgan fingerprint density at radius 1 is 1.17 bits per heavy atom. The summed E-state index contributed by atoms with van der Waals surface area (Å²) in [5, 5.41) is 11.1. The van der Waals surface area contributed by atoms with Crippen molar-refractivity contribution in [2.24, 2.45) is 0 Å². The number of carbonyl (C=O) groups excluding carboxylic acids is 1. The third kappa shape index (κ3) is 2.96. The van der Waals surface area contributed by atoms with Gasteiger partial charge in [0.15, 0.2) is 6.61 Å². The van der Waals surface area contributed by atoms with Gasteiger partial charge >= 0.3 is 0 Å². The van der Waals surface area contributed by atoms with Crippen molar-refractivity contribution in [1.29, 1.82) is 0 Å². The van der Waals surface area contributed by atoms with Crippen molar-refractivity contribution < 1.29 is 14.6 Å². The van der Waals surface area contributed by atoms with Crippen molar-refractivity contribution in [3.63, 3.8) is 0 Å². The lowest BCUT2D eigenvalue weighted by Crippen LogP contribution is -2.20. The van der Waals surface area contributed by atoms with Crippen LogP contribution in [0.25, 0.3) is 10.9 Å². The maximum Gasteiger partial charge on any atom is 0.269 e. The summed E-state index contributed by atoms with van der Waals surface area (Å²) in [6.45, 7) is 1.63. The average Bonchev–Trinajstić information content (AvgIpc) is 2.85. The zero-order valence-electron chi connectivity index (χ0n) is 12.6. The molecule has 0 aliphatic heterocycles. The second kappa shape index (κ2) is 6.44. The van der Waals surface area contributed by atoms with E-state index in [1.807, 2.05) is 31.2 Å². The van der Waals surface area contributed by atoms with Crippen LogP contribution in [0.5, 0.6) is 5.75 Å². The number of carbonyl (C=O) groups is 1. The van der Waals surface area contributed by atoms with Crippen LogP contribution >= 0.6 is 11.6 Å². The maximum atomic E-state index is 12.6.